The summed E-state index contributed by atoms with van der Waals surface area (Å²) in [6.45, 7) is 2.26. The molecule has 3 rings (SSSR count). The third kappa shape index (κ3) is 4.74. The van der Waals surface area contributed by atoms with Crippen molar-refractivity contribution in [2.45, 2.75) is 24.8 Å². The number of anilines is 1. The van der Waals surface area contributed by atoms with E-state index in [-0.39, 0.29) is 5.37 Å². The van der Waals surface area contributed by atoms with Gasteiger partial charge in [-0.15, -0.1) is 11.8 Å². The molecule has 2 aromatic carbocycles. The molecule has 0 bridgehead atoms. The molecular weight excluding hydrogens is 419 g/mol. The van der Waals surface area contributed by atoms with Gasteiger partial charge in [-0.2, -0.15) is 0 Å². The van der Waals surface area contributed by atoms with Crippen LogP contribution >= 0.6 is 35.0 Å². The maximum atomic E-state index is 13.1. The number of amides is 2. The molecule has 1 aliphatic heterocycles. The van der Waals surface area contributed by atoms with E-state index in [4.69, 9.17) is 27.9 Å². The lowest BCUT2D eigenvalue weighted by atomic mass is 10.2. The highest BCUT2D eigenvalue weighted by Crippen LogP contribution is 2.42. The van der Waals surface area contributed by atoms with Crippen LogP contribution in [-0.2, 0) is 9.53 Å². The molecule has 0 radical (unpaired) electrons. The van der Waals surface area contributed by atoms with E-state index in [0.717, 1.165) is 12.0 Å². The van der Waals surface area contributed by atoms with Gasteiger partial charge in [0, 0.05) is 11.4 Å². The number of carbonyl (C=O) groups excluding carboxylic acids is 2. The van der Waals surface area contributed by atoms with Crippen LogP contribution in [0.15, 0.2) is 48.5 Å². The number of thioether (sulfide) groups is 1. The van der Waals surface area contributed by atoms with E-state index in [1.54, 1.807) is 23.1 Å². The van der Waals surface area contributed by atoms with Crippen molar-refractivity contribution in [3.8, 4) is 0 Å². The number of urea groups is 1. The highest BCUT2D eigenvalue weighted by molar-refractivity contribution is 7.99. The molecule has 0 aromatic heterocycles. The number of halogens is 2. The average Bonchev–Trinajstić information content (AvgIpc) is 3.15. The largest absolute Gasteiger partial charge is 0.464 e. The number of esters is 1. The molecule has 2 atom stereocenters. The average molecular weight is 439 g/mol. The van der Waals surface area contributed by atoms with Crippen molar-refractivity contribution in [1.82, 2.24) is 4.90 Å². The SMILES string of the molecule is CCCOC(=O)C1CSC(c2ccccc2)N1C(=O)Nc1ccc(Cl)c(Cl)c1. The molecule has 0 aliphatic carbocycles. The molecule has 0 saturated carbocycles. The zero-order chi connectivity index (χ0) is 20.1. The van der Waals surface area contributed by atoms with Crippen LogP contribution in [0.25, 0.3) is 0 Å². The monoisotopic (exact) mass is 438 g/mol. The van der Waals surface area contributed by atoms with E-state index in [2.05, 4.69) is 5.32 Å². The quantitative estimate of drug-likeness (QED) is 0.617. The number of hydrogen-bond donors (Lipinski definition) is 1. The molecule has 148 valence electrons. The number of rotatable bonds is 5. The van der Waals surface area contributed by atoms with Crippen molar-refractivity contribution in [2.75, 3.05) is 17.7 Å². The minimum atomic E-state index is -0.662. The number of nitrogens with zero attached hydrogens (tertiary/aromatic N) is 1. The van der Waals surface area contributed by atoms with Crippen LogP contribution in [0.5, 0.6) is 0 Å². The van der Waals surface area contributed by atoms with Crippen molar-refractivity contribution in [1.29, 1.82) is 0 Å². The van der Waals surface area contributed by atoms with E-state index >= 15 is 0 Å². The maximum Gasteiger partial charge on any atom is 0.329 e. The van der Waals surface area contributed by atoms with Crippen LogP contribution < -0.4 is 5.32 Å². The second-order valence-electron chi connectivity index (χ2n) is 6.25. The molecule has 1 heterocycles. The van der Waals surface area contributed by atoms with Gasteiger partial charge in [0.1, 0.15) is 11.4 Å². The number of ether oxygens (including phenoxy) is 1. The summed E-state index contributed by atoms with van der Waals surface area (Å²) in [6, 6.07) is 13.4. The van der Waals surface area contributed by atoms with Gasteiger partial charge in [0.25, 0.3) is 0 Å². The third-order valence-corrected chi connectivity index (χ3v) is 6.27. The molecule has 1 N–H and O–H groups in total. The van der Waals surface area contributed by atoms with Crippen molar-refractivity contribution in [2.24, 2.45) is 0 Å². The molecule has 2 unspecified atom stereocenters. The molecule has 1 aliphatic rings. The zero-order valence-corrected chi connectivity index (χ0v) is 17.6. The van der Waals surface area contributed by atoms with Gasteiger partial charge in [-0.3, -0.25) is 4.90 Å². The molecule has 0 spiro atoms. The van der Waals surface area contributed by atoms with Crippen molar-refractivity contribution < 1.29 is 14.3 Å². The van der Waals surface area contributed by atoms with Crippen LogP contribution in [-0.4, -0.2) is 35.3 Å². The second-order valence-corrected chi connectivity index (χ2v) is 8.17. The Morgan fingerprint density at radius 1 is 1.18 bits per heavy atom. The fourth-order valence-electron chi connectivity index (χ4n) is 2.87. The summed E-state index contributed by atoms with van der Waals surface area (Å²) in [5.74, 6) is 0.0775. The van der Waals surface area contributed by atoms with Gasteiger partial charge in [-0.1, -0.05) is 60.5 Å². The lowest BCUT2D eigenvalue weighted by Gasteiger charge is -2.28. The third-order valence-electron chi connectivity index (χ3n) is 4.21. The van der Waals surface area contributed by atoms with E-state index in [0.29, 0.717) is 28.1 Å². The first-order chi connectivity index (χ1) is 13.5. The zero-order valence-electron chi connectivity index (χ0n) is 15.2. The highest BCUT2D eigenvalue weighted by atomic mass is 35.5. The first kappa shape index (κ1) is 20.8. The molecule has 8 heteroatoms. The number of nitrogens with one attached hydrogen (secondary N) is 1. The maximum absolute atomic E-state index is 13.1. The predicted octanol–water partition coefficient (Wildman–Crippen LogP) is 5.59. The number of carbonyl (C=O) groups is 2. The predicted molar refractivity (Wildman–Crippen MR) is 114 cm³/mol. The molecule has 5 nitrogen and oxygen atoms in total. The molecule has 1 fully saturated rings. The van der Waals surface area contributed by atoms with Gasteiger partial charge < -0.3 is 10.1 Å². The van der Waals surface area contributed by atoms with Gasteiger partial charge in [-0.25, -0.2) is 9.59 Å². The van der Waals surface area contributed by atoms with E-state index < -0.39 is 18.0 Å². The molecule has 1 saturated heterocycles. The molecule has 28 heavy (non-hydrogen) atoms. The first-order valence-electron chi connectivity index (χ1n) is 8.88. The van der Waals surface area contributed by atoms with Crippen LogP contribution in [0.2, 0.25) is 10.0 Å². The Hall–Kier alpha value is -1.89. The van der Waals surface area contributed by atoms with Crippen LogP contribution in [0.1, 0.15) is 24.3 Å². The van der Waals surface area contributed by atoms with Gasteiger partial charge in [0.05, 0.1) is 16.7 Å². The van der Waals surface area contributed by atoms with Crippen molar-refractivity contribution in [3.05, 3.63) is 64.1 Å². The van der Waals surface area contributed by atoms with E-state index in [1.807, 2.05) is 37.3 Å². The fourth-order valence-corrected chi connectivity index (χ4v) is 4.58. The Bertz CT molecular complexity index is 851. The minimum absolute atomic E-state index is 0.289. The standard InChI is InChI=1S/C20H20Cl2N2O3S/c1-2-10-27-19(25)17-12-28-18(13-6-4-3-5-7-13)24(17)20(26)23-14-8-9-15(21)16(22)11-14/h3-9,11,17-18H,2,10,12H2,1H3,(H,23,26). The smallest absolute Gasteiger partial charge is 0.329 e. The molecular formula is C20H20Cl2N2O3S. The summed E-state index contributed by atoms with van der Waals surface area (Å²) in [5.41, 5.74) is 1.45. The highest BCUT2D eigenvalue weighted by Gasteiger charge is 2.43. The van der Waals surface area contributed by atoms with Gasteiger partial charge >= 0.3 is 12.0 Å². The van der Waals surface area contributed by atoms with Crippen LogP contribution in [0, 0.1) is 0 Å². The topological polar surface area (TPSA) is 58.6 Å². The van der Waals surface area contributed by atoms with Crippen LogP contribution in [0.3, 0.4) is 0 Å². The van der Waals surface area contributed by atoms with Crippen LogP contribution in [0.4, 0.5) is 10.5 Å². The second kappa shape index (κ2) is 9.54. The summed E-state index contributed by atoms with van der Waals surface area (Å²) in [5, 5.41) is 3.27. The van der Waals surface area contributed by atoms with Gasteiger partial charge in [0.2, 0.25) is 0 Å². The summed E-state index contributed by atoms with van der Waals surface area (Å²) in [6.07, 6.45) is 0.725. The van der Waals surface area contributed by atoms with Gasteiger partial charge in [0.15, 0.2) is 0 Å². The Balaban J connectivity index is 1.85. The molecule has 2 amide bonds. The summed E-state index contributed by atoms with van der Waals surface area (Å²) in [4.78, 5) is 27.2. The lowest BCUT2D eigenvalue weighted by Crippen LogP contribution is -2.45. The fraction of sp³-hybridized carbons (Fsp3) is 0.300. The van der Waals surface area contributed by atoms with Gasteiger partial charge in [-0.05, 0) is 30.2 Å². The van der Waals surface area contributed by atoms with Crippen molar-refractivity contribution >= 4 is 52.7 Å². The van der Waals surface area contributed by atoms with E-state index in [9.17, 15) is 9.59 Å². The number of hydrogen-bond acceptors (Lipinski definition) is 4. The minimum Gasteiger partial charge on any atom is -0.464 e. The van der Waals surface area contributed by atoms with E-state index in [1.165, 1.54) is 11.8 Å². The summed E-state index contributed by atoms with van der Waals surface area (Å²) in [7, 11) is 0. The Morgan fingerprint density at radius 2 is 1.93 bits per heavy atom. The Labute approximate surface area is 178 Å². The summed E-state index contributed by atoms with van der Waals surface area (Å²) < 4.78 is 5.31. The van der Waals surface area contributed by atoms with Crippen molar-refractivity contribution in [3.63, 3.8) is 0 Å². The normalized spacial score (nSPS) is 18.8. The number of benzene rings is 2. The Kier molecular flexibility index (Phi) is 7.10. The first-order valence-corrected chi connectivity index (χ1v) is 10.7. The lowest BCUT2D eigenvalue weighted by molar-refractivity contribution is -0.147. The molecule has 2 aromatic rings. The summed E-state index contributed by atoms with van der Waals surface area (Å²) >= 11 is 13.5. The Morgan fingerprint density at radius 3 is 2.61 bits per heavy atom.